The Morgan fingerprint density at radius 3 is 2.28 bits per heavy atom. The molecule has 2 unspecified atom stereocenters. The summed E-state index contributed by atoms with van der Waals surface area (Å²) in [6.45, 7) is 6.33. The van der Waals surface area contributed by atoms with Crippen LogP contribution in [0.3, 0.4) is 0 Å². The van der Waals surface area contributed by atoms with Crippen molar-refractivity contribution >= 4 is 12.0 Å². The van der Waals surface area contributed by atoms with Gasteiger partial charge < -0.3 is 15.7 Å². The Morgan fingerprint density at radius 2 is 1.83 bits per heavy atom. The zero-order chi connectivity index (χ0) is 13.8. The fraction of sp³-hybridized carbons (Fsp3) is 0.846. The van der Waals surface area contributed by atoms with Crippen LogP contribution in [0.4, 0.5) is 4.79 Å². The van der Waals surface area contributed by atoms with Crippen molar-refractivity contribution in [2.24, 2.45) is 11.8 Å². The maximum atomic E-state index is 11.8. The summed E-state index contributed by atoms with van der Waals surface area (Å²) in [5.74, 6) is -1.02. The van der Waals surface area contributed by atoms with E-state index in [1.54, 1.807) is 0 Å². The van der Waals surface area contributed by atoms with Gasteiger partial charge in [-0.1, -0.05) is 27.2 Å². The number of amides is 2. The summed E-state index contributed by atoms with van der Waals surface area (Å²) in [6.07, 6.45) is 3.53. The van der Waals surface area contributed by atoms with E-state index in [0.717, 1.165) is 25.7 Å². The highest BCUT2D eigenvalue weighted by Gasteiger charge is 2.51. The van der Waals surface area contributed by atoms with Crippen LogP contribution in [0.5, 0.6) is 0 Å². The summed E-state index contributed by atoms with van der Waals surface area (Å²) in [6, 6.07) is -0.375. The molecule has 2 amide bonds. The topological polar surface area (TPSA) is 78.4 Å². The summed E-state index contributed by atoms with van der Waals surface area (Å²) in [5.41, 5.74) is -1.13. The van der Waals surface area contributed by atoms with E-state index in [4.69, 9.17) is 0 Å². The molecule has 0 saturated heterocycles. The number of rotatable bonds is 4. The smallest absolute Gasteiger partial charge is 0.330 e. The van der Waals surface area contributed by atoms with Crippen LogP contribution < -0.4 is 10.6 Å². The fourth-order valence-electron chi connectivity index (χ4n) is 2.86. The second-order valence-electron chi connectivity index (χ2n) is 5.29. The van der Waals surface area contributed by atoms with Crippen molar-refractivity contribution in [3.05, 3.63) is 0 Å². The third kappa shape index (κ3) is 2.76. The molecule has 1 saturated carbocycles. The van der Waals surface area contributed by atoms with Crippen LogP contribution in [0.15, 0.2) is 0 Å². The Bertz CT molecular complexity index is 307. The number of hydrogen-bond acceptors (Lipinski definition) is 2. The number of urea groups is 1. The van der Waals surface area contributed by atoms with Gasteiger partial charge in [-0.2, -0.15) is 0 Å². The van der Waals surface area contributed by atoms with Gasteiger partial charge in [-0.15, -0.1) is 0 Å². The summed E-state index contributed by atoms with van der Waals surface area (Å²) in [7, 11) is 0. The van der Waals surface area contributed by atoms with Crippen LogP contribution in [0, 0.1) is 11.8 Å². The lowest BCUT2D eigenvalue weighted by molar-refractivity contribution is -0.151. The van der Waals surface area contributed by atoms with Crippen molar-refractivity contribution in [3.63, 3.8) is 0 Å². The van der Waals surface area contributed by atoms with Gasteiger partial charge in [0.1, 0.15) is 5.54 Å². The van der Waals surface area contributed by atoms with Gasteiger partial charge >= 0.3 is 12.0 Å². The standard InChI is InChI=1S/C13H24N2O3/c1-4-8-14-12(18)15-13(11(16)17)9(2)6-5-7-10(13)3/h9-10H,4-8H2,1-3H3,(H,16,17)(H2,14,15,18). The van der Waals surface area contributed by atoms with Crippen LogP contribution in [-0.2, 0) is 4.79 Å². The number of carboxylic acid groups (broad SMARTS) is 1. The molecular weight excluding hydrogens is 232 g/mol. The second kappa shape index (κ2) is 6.07. The minimum atomic E-state index is -1.13. The molecule has 0 bridgehead atoms. The zero-order valence-electron chi connectivity index (χ0n) is 11.5. The molecule has 0 aliphatic heterocycles. The predicted octanol–water partition coefficient (Wildman–Crippen LogP) is 1.98. The lowest BCUT2D eigenvalue weighted by Gasteiger charge is -2.44. The SMILES string of the molecule is CCCNC(=O)NC1(C(=O)O)C(C)CCCC1C. The Hall–Kier alpha value is -1.26. The van der Waals surface area contributed by atoms with Crippen molar-refractivity contribution in [2.45, 2.75) is 52.0 Å². The highest BCUT2D eigenvalue weighted by molar-refractivity contribution is 5.87. The average Bonchev–Trinajstić information content (AvgIpc) is 2.31. The van der Waals surface area contributed by atoms with E-state index in [-0.39, 0.29) is 17.9 Å². The first-order chi connectivity index (χ1) is 8.45. The van der Waals surface area contributed by atoms with Gasteiger partial charge in [-0.25, -0.2) is 9.59 Å². The number of carbonyl (C=O) groups is 2. The molecule has 18 heavy (non-hydrogen) atoms. The molecule has 0 aromatic carbocycles. The second-order valence-corrected chi connectivity index (χ2v) is 5.29. The Balaban J connectivity index is 2.85. The lowest BCUT2D eigenvalue weighted by atomic mass is 9.67. The molecule has 104 valence electrons. The first-order valence-corrected chi connectivity index (χ1v) is 6.74. The van der Waals surface area contributed by atoms with E-state index in [1.165, 1.54) is 0 Å². The lowest BCUT2D eigenvalue weighted by Crippen LogP contribution is -2.65. The van der Waals surface area contributed by atoms with Gasteiger partial charge in [-0.05, 0) is 31.1 Å². The van der Waals surface area contributed by atoms with E-state index >= 15 is 0 Å². The molecule has 0 aromatic heterocycles. The van der Waals surface area contributed by atoms with E-state index in [2.05, 4.69) is 10.6 Å². The monoisotopic (exact) mass is 256 g/mol. The number of aliphatic carboxylic acids is 1. The third-order valence-electron chi connectivity index (χ3n) is 4.04. The maximum Gasteiger partial charge on any atom is 0.330 e. The van der Waals surface area contributed by atoms with Gasteiger partial charge in [0.2, 0.25) is 0 Å². The Kier molecular flexibility index (Phi) is 4.99. The molecule has 0 heterocycles. The zero-order valence-corrected chi connectivity index (χ0v) is 11.5. The summed E-state index contributed by atoms with van der Waals surface area (Å²) >= 11 is 0. The molecular formula is C13H24N2O3. The molecule has 3 N–H and O–H groups in total. The van der Waals surface area contributed by atoms with Crippen molar-refractivity contribution in [2.75, 3.05) is 6.54 Å². The maximum absolute atomic E-state index is 11.8. The van der Waals surface area contributed by atoms with Crippen molar-refractivity contribution in [1.29, 1.82) is 0 Å². The summed E-state index contributed by atoms with van der Waals surface area (Å²) in [4.78, 5) is 23.4. The first-order valence-electron chi connectivity index (χ1n) is 6.74. The molecule has 1 fully saturated rings. The molecule has 1 aliphatic carbocycles. The van der Waals surface area contributed by atoms with Crippen molar-refractivity contribution in [3.8, 4) is 0 Å². The van der Waals surface area contributed by atoms with E-state index in [0.29, 0.717) is 6.54 Å². The van der Waals surface area contributed by atoms with Crippen LogP contribution >= 0.6 is 0 Å². The highest BCUT2D eigenvalue weighted by Crippen LogP contribution is 2.38. The Morgan fingerprint density at radius 1 is 1.28 bits per heavy atom. The fourth-order valence-corrected chi connectivity index (χ4v) is 2.86. The molecule has 1 rings (SSSR count). The third-order valence-corrected chi connectivity index (χ3v) is 4.04. The first kappa shape index (κ1) is 14.8. The summed E-state index contributed by atoms with van der Waals surface area (Å²) in [5, 5.41) is 15.0. The molecule has 2 atom stereocenters. The summed E-state index contributed by atoms with van der Waals surface area (Å²) < 4.78 is 0. The van der Waals surface area contributed by atoms with Gasteiger partial charge in [0.25, 0.3) is 0 Å². The van der Waals surface area contributed by atoms with Gasteiger partial charge in [0, 0.05) is 6.54 Å². The molecule has 5 nitrogen and oxygen atoms in total. The highest BCUT2D eigenvalue weighted by atomic mass is 16.4. The minimum absolute atomic E-state index is 0.0499. The minimum Gasteiger partial charge on any atom is -0.479 e. The van der Waals surface area contributed by atoms with E-state index in [9.17, 15) is 14.7 Å². The average molecular weight is 256 g/mol. The number of nitrogens with one attached hydrogen (secondary N) is 2. The van der Waals surface area contributed by atoms with E-state index in [1.807, 2.05) is 20.8 Å². The van der Waals surface area contributed by atoms with Crippen LogP contribution in [-0.4, -0.2) is 29.2 Å². The molecule has 0 radical (unpaired) electrons. The quantitative estimate of drug-likeness (QED) is 0.719. The Labute approximate surface area is 108 Å². The normalized spacial score (nSPS) is 31.7. The van der Waals surface area contributed by atoms with Crippen molar-refractivity contribution < 1.29 is 14.7 Å². The van der Waals surface area contributed by atoms with Crippen LogP contribution in [0.1, 0.15) is 46.5 Å². The van der Waals surface area contributed by atoms with Crippen molar-refractivity contribution in [1.82, 2.24) is 10.6 Å². The number of carbonyl (C=O) groups excluding carboxylic acids is 1. The van der Waals surface area contributed by atoms with Crippen LogP contribution in [0.25, 0.3) is 0 Å². The molecule has 0 aromatic rings. The number of hydrogen-bond donors (Lipinski definition) is 3. The molecule has 0 spiro atoms. The largest absolute Gasteiger partial charge is 0.479 e. The van der Waals surface area contributed by atoms with Gasteiger partial charge in [0.05, 0.1) is 0 Å². The molecule has 1 aliphatic rings. The van der Waals surface area contributed by atoms with Crippen LogP contribution in [0.2, 0.25) is 0 Å². The van der Waals surface area contributed by atoms with Gasteiger partial charge in [-0.3, -0.25) is 0 Å². The van der Waals surface area contributed by atoms with E-state index < -0.39 is 11.5 Å². The molecule has 5 heteroatoms. The number of carboxylic acids is 1. The van der Waals surface area contributed by atoms with Gasteiger partial charge in [0.15, 0.2) is 0 Å². The predicted molar refractivity (Wildman–Crippen MR) is 69.4 cm³/mol.